The van der Waals surface area contributed by atoms with Crippen LogP contribution in [0.3, 0.4) is 0 Å². The lowest BCUT2D eigenvalue weighted by atomic mass is 9.96. The number of ether oxygens (including phenoxy) is 4. The molecule has 1 saturated heterocycles. The van der Waals surface area contributed by atoms with Crippen LogP contribution in [0, 0.1) is 0 Å². The number of nitrogens with one attached hydrogen (secondary N) is 1. The van der Waals surface area contributed by atoms with Crippen molar-refractivity contribution in [3.05, 3.63) is 144 Å². The first-order valence-electron chi connectivity index (χ1n) is 28.7. The Morgan fingerprint density at radius 2 is 1.01 bits per heavy atom. The Morgan fingerprint density at radius 1 is 0.587 bits per heavy atom. The van der Waals surface area contributed by atoms with Crippen LogP contribution >= 0.6 is 0 Å². The van der Waals surface area contributed by atoms with Crippen LogP contribution in [0.1, 0.15) is 171 Å². The van der Waals surface area contributed by atoms with E-state index in [0.29, 0.717) is 19.3 Å². The molecular weight excluding hydrogens is 955 g/mol. The van der Waals surface area contributed by atoms with Gasteiger partial charge in [-0.05, 0) is 105 Å². The van der Waals surface area contributed by atoms with Crippen LogP contribution < -0.4 is 5.32 Å². The number of aliphatic hydroxyl groups is 1. The summed E-state index contributed by atoms with van der Waals surface area (Å²) < 4.78 is 32.0. The van der Waals surface area contributed by atoms with Crippen LogP contribution in [0.15, 0.2) is 121 Å². The van der Waals surface area contributed by atoms with Gasteiger partial charge in [0.1, 0.15) is 24.4 Å². The van der Waals surface area contributed by atoms with Gasteiger partial charge in [0, 0.05) is 12.8 Å². The third-order valence-electron chi connectivity index (χ3n) is 15.1. The third kappa shape index (κ3) is 24.1. The van der Waals surface area contributed by atoms with Crippen LogP contribution in [-0.4, -0.2) is 74.6 Å². The molecule has 10 nitrogen and oxygen atoms in total. The van der Waals surface area contributed by atoms with E-state index in [1.165, 1.54) is 16.7 Å². The molecule has 0 aliphatic carbocycles. The molecule has 2 N–H and O–H groups in total. The molecule has 1 amide bonds. The fraction of sp³-hybridized carbons (Fsp3) is 0.578. The molecule has 0 aromatic heterocycles. The van der Waals surface area contributed by atoms with Gasteiger partial charge >= 0.3 is 11.9 Å². The summed E-state index contributed by atoms with van der Waals surface area (Å²) in [6.07, 6.45) is 14.7. The first-order chi connectivity index (χ1) is 36.3. The Kier molecular flexibility index (Phi) is 27.9. The molecule has 0 radical (unpaired) electrons. The van der Waals surface area contributed by atoms with Crippen molar-refractivity contribution in [2.45, 2.75) is 230 Å². The van der Waals surface area contributed by atoms with Gasteiger partial charge in [0.15, 0.2) is 20.7 Å². The largest absolute Gasteiger partial charge is 0.462 e. The smallest absolute Gasteiger partial charge is 0.306 e. The van der Waals surface area contributed by atoms with Gasteiger partial charge in [-0.15, -0.1) is 0 Å². The van der Waals surface area contributed by atoms with Crippen molar-refractivity contribution in [1.82, 2.24) is 5.32 Å². The topological polar surface area (TPSA) is 130 Å². The molecule has 11 heteroatoms. The van der Waals surface area contributed by atoms with Gasteiger partial charge in [0.2, 0.25) is 5.91 Å². The first kappa shape index (κ1) is 61.2. The number of benzene rings is 4. The second kappa shape index (κ2) is 34.2. The molecule has 412 valence electrons. The summed E-state index contributed by atoms with van der Waals surface area (Å²) in [5.41, 5.74) is 4.93. The highest BCUT2D eigenvalue weighted by Gasteiger charge is 2.50. The zero-order valence-corrected chi connectivity index (χ0v) is 47.4. The van der Waals surface area contributed by atoms with E-state index in [-0.39, 0.29) is 37.1 Å². The normalized spacial score (nSPS) is 18.3. The number of rotatable bonds is 36. The molecule has 0 saturated carbocycles. The zero-order valence-electron chi connectivity index (χ0n) is 46.4. The van der Waals surface area contributed by atoms with Crippen molar-refractivity contribution in [2.75, 3.05) is 6.61 Å². The minimum atomic E-state index is -2.31. The highest BCUT2D eigenvalue weighted by atomic mass is 28.4. The molecule has 1 heterocycles. The van der Waals surface area contributed by atoms with Gasteiger partial charge in [-0.25, -0.2) is 0 Å². The fourth-order valence-electron chi connectivity index (χ4n) is 9.46. The van der Waals surface area contributed by atoms with Gasteiger partial charge in [0.25, 0.3) is 0 Å². The highest BCUT2D eigenvalue weighted by Crippen LogP contribution is 2.37. The predicted octanol–water partition coefficient (Wildman–Crippen LogP) is 14.1. The lowest BCUT2D eigenvalue weighted by Crippen LogP contribution is -2.66. The summed E-state index contributed by atoms with van der Waals surface area (Å²) in [5, 5.41) is 15.1. The van der Waals surface area contributed by atoms with Crippen molar-refractivity contribution in [3.63, 3.8) is 0 Å². The van der Waals surface area contributed by atoms with E-state index in [2.05, 4.69) is 112 Å². The third-order valence-corrected chi connectivity index (χ3v) is 19.6. The molecular formula is C64H93NO9Si. The number of hydrogen-bond acceptors (Lipinski definition) is 9. The first-order valence-corrected chi connectivity index (χ1v) is 31.6. The van der Waals surface area contributed by atoms with Gasteiger partial charge in [-0.2, -0.15) is 0 Å². The molecule has 0 spiro atoms. The van der Waals surface area contributed by atoms with E-state index >= 15 is 0 Å². The molecule has 4 aromatic carbocycles. The van der Waals surface area contributed by atoms with E-state index in [0.717, 1.165) is 121 Å². The van der Waals surface area contributed by atoms with Gasteiger partial charge in [-0.3, -0.25) is 14.4 Å². The van der Waals surface area contributed by atoms with Gasteiger partial charge in [0.05, 0.1) is 19.6 Å². The van der Waals surface area contributed by atoms with E-state index in [1.54, 1.807) is 0 Å². The van der Waals surface area contributed by atoms with Gasteiger partial charge in [-0.1, -0.05) is 206 Å². The van der Waals surface area contributed by atoms with Crippen molar-refractivity contribution in [3.8, 4) is 0 Å². The minimum absolute atomic E-state index is 0.0550. The maximum Gasteiger partial charge on any atom is 0.306 e. The van der Waals surface area contributed by atoms with Crippen LogP contribution in [-0.2, 0) is 63.6 Å². The molecule has 4 aromatic rings. The standard InChI is InChI=1S/C64H93NO9Si/c1-64(2,3)75(4,5)71-50-56-61(69)62(74-59(68)47-33-13-9-7-11-21-35-52-39-25-17-26-40-52)60(63(73-56)70-49-54-43-29-19-30-44-54)65-57(66)48-55(45-31-15-14-22-36-53-41-27-18-28-42-53)72-58(67)46-32-12-8-6-10-20-34-51-37-23-16-24-38-51/h16-19,23-30,37-44,55-56,60-63,69H,6-15,20-22,31-36,45-50H2,1-5H3,(H,65,66)/t55-,56-,60-,61-,62-,63-/m1/s1. The van der Waals surface area contributed by atoms with Crippen LogP contribution in [0.2, 0.25) is 18.1 Å². The molecule has 0 bridgehead atoms. The lowest BCUT2D eigenvalue weighted by Gasteiger charge is -2.45. The molecule has 0 unspecified atom stereocenters. The molecule has 5 rings (SSSR count). The number of aliphatic hydroxyl groups excluding tert-OH is 1. The summed E-state index contributed by atoms with van der Waals surface area (Å²) >= 11 is 0. The molecule has 1 aliphatic heterocycles. The maximum atomic E-state index is 14.4. The Hall–Kier alpha value is -4.65. The molecule has 1 fully saturated rings. The second-order valence-corrected chi connectivity index (χ2v) is 27.2. The van der Waals surface area contributed by atoms with Crippen molar-refractivity contribution >= 4 is 26.2 Å². The monoisotopic (exact) mass is 1050 g/mol. The Balaban J connectivity index is 1.23. The van der Waals surface area contributed by atoms with E-state index in [4.69, 9.17) is 23.4 Å². The van der Waals surface area contributed by atoms with Crippen LogP contribution in [0.25, 0.3) is 0 Å². The Labute approximate surface area is 452 Å². The Morgan fingerprint density at radius 3 is 1.49 bits per heavy atom. The Bertz CT molecular complexity index is 2150. The van der Waals surface area contributed by atoms with E-state index in [9.17, 15) is 19.5 Å². The number of unbranched alkanes of at least 4 members (excludes halogenated alkanes) is 13. The summed E-state index contributed by atoms with van der Waals surface area (Å²) in [4.78, 5) is 41.7. The van der Waals surface area contributed by atoms with E-state index in [1.807, 2.05) is 48.5 Å². The molecule has 6 atom stereocenters. The molecule has 75 heavy (non-hydrogen) atoms. The summed E-state index contributed by atoms with van der Waals surface area (Å²) in [5.74, 6) is -1.17. The van der Waals surface area contributed by atoms with E-state index < -0.39 is 56.9 Å². The summed E-state index contributed by atoms with van der Waals surface area (Å²) in [7, 11) is -2.31. The SMILES string of the molecule is CC(C)(C)[Si](C)(C)OC[C@H]1O[C@@H](OCc2ccccc2)[C@H](NC(=O)C[C@@H](CCCCCCc2ccccc2)OC(=O)CCCCCCCCc2ccccc2)[C@@H](OC(=O)CCCCCCCCc2ccccc2)[C@@H]1O. The predicted molar refractivity (Wildman–Crippen MR) is 304 cm³/mol. The number of carbonyl (C=O) groups is 3. The van der Waals surface area contributed by atoms with Crippen LogP contribution in [0.5, 0.6) is 0 Å². The molecule has 1 aliphatic rings. The zero-order chi connectivity index (χ0) is 53.6. The number of carbonyl (C=O) groups excluding carboxylic acids is 3. The minimum Gasteiger partial charge on any atom is -0.462 e. The van der Waals surface area contributed by atoms with Crippen molar-refractivity contribution in [2.24, 2.45) is 0 Å². The van der Waals surface area contributed by atoms with Crippen molar-refractivity contribution in [1.29, 1.82) is 0 Å². The van der Waals surface area contributed by atoms with Gasteiger partial charge < -0.3 is 33.8 Å². The number of esters is 2. The number of hydrogen-bond donors (Lipinski definition) is 2. The average Bonchev–Trinajstić information content (AvgIpc) is 3.40. The fourth-order valence-corrected chi connectivity index (χ4v) is 10.5. The van der Waals surface area contributed by atoms with Crippen molar-refractivity contribution < 1.29 is 42.9 Å². The second-order valence-electron chi connectivity index (χ2n) is 22.4. The lowest BCUT2D eigenvalue weighted by molar-refractivity contribution is -0.276. The number of aryl methyl sites for hydroxylation is 3. The average molecular weight is 1050 g/mol. The van der Waals surface area contributed by atoms with Crippen LogP contribution in [0.4, 0.5) is 0 Å². The number of amides is 1. The summed E-state index contributed by atoms with van der Waals surface area (Å²) in [6, 6.07) is 40.2. The maximum absolute atomic E-state index is 14.4. The summed E-state index contributed by atoms with van der Waals surface area (Å²) in [6.45, 7) is 10.9. The highest BCUT2D eigenvalue weighted by molar-refractivity contribution is 6.74. The quantitative estimate of drug-likeness (QED) is 0.0260.